The zero-order chi connectivity index (χ0) is 16.3. The Bertz CT molecular complexity index is 533. The topological polar surface area (TPSA) is 95.7 Å². The van der Waals surface area contributed by atoms with Gasteiger partial charge >= 0.3 is 0 Å². The molecule has 122 valence electrons. The number of aliphatic hydroxyl groups excluding tert-OH is 1. The Balaban J connectivity index is 2.04. The van der Waals surface area contributed by atoms with Gasteiger partial charge in [0, 0.05) is 38.4 Å². The Morgan fingerprint density at radius 3 is 2.73 bits per heavy atom. The average Bonchev–Trinajstić information content (AvgIpc) is 3.07. The van der Waals surface area contributed by atoms with Crippen LogP contribution in [0.5, 0.6) is 0 Å². The van der Waals surface area contributed by atoms with Gasteiger partial charge in [-0.3, -0.25) is 9.59 Å². The summed E-state index contributed by atoms with van der Waals surface area (Å²) < 4.78 is 5.26. The summed E-state index contributed by atoms with van der Waals surface area (Å²) in [7, 11) is 0. The molecule has 1 aliphatic heterocycles. The van der Waals surface area contributed by atoms with Gasteiger partial charge in [-0.15, -0.1) is 0 Å². The van der Waals surface area contributed by atoms with Crippen LogP contribution in [0.2, 0.25) is 0 Å². The lowest BCUT2D eigenvalue weighted by Crippen LogP contribution is -2.45. The van der Waals surface area contributed by atoms with Crippen LogP contribution in [-0.2, 0) is 29.0 Å². The van der Waals surface area contributed by atoms with E-state index in [1.165, 1.54) is 11.8 Å². The summed E-state index contributed by atoms with van der Waals surface area (Å²) in [5.74, 6) is 0.314. The van der Waals surface area contributed by atoms with Gasteiger partial charge in [0.05, 0.1) is 11.8 Å². The second kappa shape index (κ2) is 6.91. The minimum Gasteiger partial charge on any atom is -0.391 e. The largest absolute Gasteiger partial charge is 0.391 e. The highest BCUT2D eigenvalue weighted by Gasteiger charge is 2.37. The second-order valence-corrected chi connectivity index (χ2v) is 5.53. The zero-order valence-corrected chi connectivity index (χ0v) is 13.3. The first-order valence-corrected chi connectivity index (χ1v) is 7.67. The molecule has 22 heavy (non-hydrogen) atoms. The maximum atomic E-state index is 12.3. The van der Waals surface area contributed by atoms with Crippen molar-refractivity contribution in [1.29, 1.82) is 0 Å². The summed E-state index contributed by atoms with van der Waals surface area (Å²) >= 11 is 0. The Morgan fingerprint density at radius 2 is 2.14 bits per heavy atom. The van der Waals surface area contributed by atoms with Crippen molar-refractivity contribution in [3.8, 4) is 0 Å². The van der Waals surface area contributed by atoms with Crippen molar-refractivity contribution in [1.82, 2.24) is 15.4 Å². The SMILES string of the molecule is CCc1noc(CC)c1CNC(=O)[C@H]1C[C@@H](O)CN1C(C)=O. The van der Waals surface area contributed by atoms with E-state index >= 15 is 0 Å². The van der Waals surface area contributed by atoms with Crippen LogP contribution in [0.1, 0.15) is 44.2 Å². The first-order valence-electron chi connectivity index (χ1n) is 7.67. The molecule has 1 fully saturated rings. The molecule has 2 heterocycles. The van der Waals surface area contributed by atoms with Crippen LogP contribution >= 0.6 is 0 Å². The minimum absolute atomic E-state index is 0.204. The molecule has 2 amide bonds. The first-order chi connectivity index (χ1) is 10.5. The molecule has 0 saturated carbocycles. The molecule has 0 unspecified atom stereocenters. The molecule has 0 radical (unpaired) electrons. The van der Waals surface area contributed by atoms with Crippen molar-refractivity contribution in [2.24, 2.45) is 0 Å². The molecular formula is C15H23N3O4. The molecule has 2 atom stereocenters. The van der Waals surface area contributed by atoms with E-state index in [1.54, 1.807) is 0 Å². The molecule has 0 bridgehead atoms. The molecule has 2 rings (SSSR count). The summed E-state index contributed by atoms with van der Waals surface area (Å²) in [4.78, 5) is 25.3. The lowest BCUT2D eigenvalue weighted by molar-refractivity contribution is -0.137. The van der Waals surface area contributed by atoms with E-state index in [-0.39, 0.29) is 24.8 Å². The van der Waals surface area contributed by atoms with Crippen molar-refractivity contribution < 1.29 is 19.2 Å². The number of likely N-dealkylation sites (tertiary alicyclic amines) is 1. The highest BCUT2D eigenvalue weighted by Crippen LogP contribution is 2.19. The number of aromatic nitrogens is 1. The third-order valence-corrected chi connectivity index (χ3v) is 4.03. The highest BCUT2D eigenvalue weighted by molar-refractivity contribution is 5.87. The average molecular weight is 309 g/mol. The van der Waals surface area contributed by atoms with Crippen LogP contribution in [0.4, 0.5) is 0 Å². The van der Waals surface area contributed by atoms with Gasteiger partial charge in [0.25, 0.3) is 0 Å². The molecule has 1 aliphatic rings. The summed E-state index contributed by atoms with van der Waals surface area (Å²) in [5.41, 5.74) is 1.75. The van der Waals surface area contributed by atoms with E-state index < -0.39 is 12.1 Å². The number of nitrogens with one attached hydrogen (secondary N) is 1. The molecule has 7 nitrogen and oxygen atoms in total. The van der Waals surface area contributed by atoms with Crippen LogP contribution in [-0.4, -0.2) is 45.7 Å². The Kier molecular flexibility index (Phi) is 5.18. The summed E-state index contributed by atoms with van der Waals surface area (Å²) in [6.45, 7) is 5.89. The number of carbonyl (C=O) groups is 2. The number of amides is 2. The van der Waals surface area contributed by atoms with Crippen molar-refractivity contribution >= 4 is 11.8 Å². The molecule has 1 aromatic rings. The number of aliphatic hydroxyl groups is 1. The summed E-state index contributed by atoms with van der Waals surface area (Å²) in [6, 6.07) is -0.609. The number of carbonyl (C=O) groups excluding carboxylic acids is 2. The van der Waals surface area contributed by atoms with Gasteiger partial charge in [-0.25, -0.2) is 0 Å². The third kappa shape index (κ3) is 3.30. The summed E-state index contributed by atoms with van der Waals surface area (Å²) in [5, 5.41) is 16.5. The molecule has 1 saturated heterocycles. The van der Waals surface area contributed by atoms with Crippen LogP contribution in [0, 0.1) is 0 Å². The van der Waals surface area contributed by atoms with Gasteiger partial charge in [0.15, 0.2) is 0 Å². The molecule has 0 aliphatic carbocycles. The fraction of sp³-hybridized carbons (Fsp3) is 0.667. The Labute approximate surface area is 129 Å². The lowest BCUT2D eigenvalue weighted by Gasteiger charge is -2.22. The van der Waals surface area contributed by atoms with Gasteiger partial charge < -0.3 is 19.8 Å². The van der Waals surface area contributed by atoms with E-state index in [0.717, 1.165) is 23.4 Å². The van der Waals surface area contributed by atoms with E-state index in [1.807, 2.05) is 13.8 Å². The van der Waals surface area contributed by atoms with Crippen LogP contribution in [0.15, 0.2) is 4.52 Å². The lowest BCUT2D eigenvalue weighted by atomic mass is 10.1. The van der Waals surface area contributed by atoms with Crippen molar-refractivity contribution in [3.05, 3.63) is 17.0 Å². The maximum Gasteiger partial charge on any atom is 0.243 e. The molecule has 0 aromatic carbocycles. The first kappa shape index (κ1) is 16.5. The van der Waals surface area contributed by atoms with Crippen molar-refractivity contribution in [2.75, 3.05) is 6.54 Å². The number of nitrogens with zero attached hydrogens (tertiary/aromatic N) is 2. The summed E-state index contributed by atoms with van der Waals surface area (Å²) in [6.07, 6.45) is 1.07. The monoisotopic (exact) mass is 309 g/mol. The molecule has 2 N–H and O–H groups in total. The van der Waals surface area contributed by atoms with E-state index in [0.29, 0.717) is 13.0 Å². The highest BCUT2D eigenvalue weighted by atomic mass is 16.5. The molecule has 0 spiro atoms. The smallest absolute Gasteiger partial charge is 0.243 e. The number of hydrogen-bond donors (Lipinski definition) is 2. The van der Waals surface area contributed by atoms with Crippen molar-refractivity contribution in [2.45, 2.75) is 58.7 Å². The van der Waals surface area contributed by atoms with E-state index in [4.69, 9.17) is 4.52 Å². The fourth-order valence-corrected chi connectivity index (χ4v) is 2.84. The van der Waals surface area contributed by atoms with E-state index in [2.05, 4.69) is 10.5 Å². The van der Waals surface area contributed by atoms with Gasteiger partial charge in [-0.1, -0.05) is 19.0 Å². The number of rotatable bonds is 5. The van der Waals surface area contributed by atoms with Gasteiger partial charge in [-0.2, -0.15) is 0 Å². The van der Waals surface area contributed by atoms with Crippen LogP contribution in [0.3, 0.4) is 0 Å². The standard InChI is InChI=1S/C15H23N3O4/c1-4-12-11(14(5-2)22-17-12)7-16-15(21)13-6-10(20)8-18(13)9(3)19/h10,13,20H,4-8H2,1-3H3,(H,16,21)/t10-,13-/m1/s1. The van der Waals surface area contributed by atoms with Gasteiger partial charge in [0.1, 0.15) is 11.8 Å². The maximum absolute atomic E-state index is 12.3. The Morgan fingerprint density at radius 1 is 1.41 bits per heavy atom. The van der Waals surface area contributed by atoms with Crippen LogP contribution in [0.25, 0.3) is 0 Å². The molecule has 7 heteroatoms. The van der Waals surface area contributed by atoms with Crippen molar-refractivity contribution in [3.63, 3.8) is 0 Å². The fourth-order valence-electron chi connectivity index (χ4n) is 2.84. The number of aryl methyl sites for hydroxylation is 2. The predicted molar refractivity (Wildman–Crippen MR) is 78.9 cm³/mol. The van der Waals surface area contributed by atoms with Gasteiger partial charge in [0.2, 0.25) is 11.8 Å². The molecule has 1 aromatic heterocycles. The second-order valence-electron chi connectivity index (χ2n) is 5.53. The molecular weight excluding hydrogens is 286 g/mol. The zero-order valence-electron chi connectivity index (χ0n) is 13.3. The quantitative estimate of drug-likeness (QED) is 0.820. The third-order valence-electron chi connectivity index (χ3n) is 4.03. The number of hydrogen-bond acceptors (Lipinski definition) is 5. The van der Waals surface area contributed by atoms with E-state index in [9.17, 15) is 14.7 Å². The number of β-amino-alcohol motifs (C(OH)–C–C–N with tert-alkyl or cyclic N) is 1. The normalized spacial score (nSPS) is 21.2. The van der Waals surface area contributed by atoms with Crippen LogP contribution < -0.4 is 5.32 Å². The van der Waals surface area contributed by atoms with Gasteiger partial charge in [-0.05, 0) is 6.42 Å². The Hall–Kier alpha value is -1.89. The minimum atomic E-state index is -0.646. The predicted octanol–water partition coefficient (Wildman–Crippen LogP) is 0.397.